The highest BCUT2D eigenvalue weighted by Gasteiger charge is 2.26. The largest absolute Gasteiger partial charge is 0.506 e. The van der Waals surface area contributed by atoms with E-state index in [4.69, 9.17) is 9.15 Å². The fraction of sp³-hybridized carbons (Fsp3) is 0.286. The molecule has 2 aromatic rings. The van der Waals surface area contributed by atoms with Gasteiger partial charge in [-0.1, -0.05) is 12.1 Å². The molecule has 1 aromatic heterocycles. The fourth-order valence-corrected chi connectivity index (χ4v) is 2.25. The van der Waals surface area contributed by atoms with Crippen LogP contribution in [0.2, 0.25) is 0 Å². The number of hydrogen-bond donors (Lipinski definition) is 1. The van der Waals surface area contributed by atoms with Crippen LogP contribution < -0.4 is 5.63 Å². The van der Waals surface area contributed by atoms with Gasteiger partial charge in [-0.15, -0.1) is 0 Å². The Kier molecular flexibility index (Phi) is 3.15. The Morgan fingerprint density at radius 2 is 1.90 bits per heavy atom. The van der Waals surface area contributed by atoms with Crippen LogP contribution in [0.1, 0.15) is 10.4 Å². The Labute approximate surface area is 114 Å². The van der Waals surface area contributed by atoms with Crippen LogP contribution in [0.5, 0.6) is 5.75 Å². The maximum Gasteiger partial charge on any atom is 0.353 e. The average Bonchev–Trinajstić information content (AvgIpc) is 2.48. The molecule has 0 spiro atoms. The van der Waals surface area contributed by atoms with Gasteiger partial charge in [-0.25, -0.2) is 4.79 Å². The molecule has 0 saturated carbocycles. The number of benzene rings is 1. The summed E-state index contributed by atoms with van der Waals surface area (Å²) < 4.78 is 10.2. The number of nitrogens with zero attached hydrogens (tertiary/aromatic N) is 1. The van der Waals surface area contributed by atoms with E-state index in [1.165, 1.54) is 4.90 Å². The van der Waals surface area contributed by atoms with E-state index in [1.807, 2.05) is 0 Å². The number of aromatic hydroxyl groups is 1. The van der Waals surface area contributed by atoms with E-state index in [-0.39, 0.29) is 16.9 Å². The third kappa shape index (κ3) is 2.04. The van der Waals surface area contributed by atoms with Crippen LogP contribution in [0.3, 0.4) is 0 Å². The number of para-hydroxylation sites is 1. The van der Waals surface area contributed by atoms with E-state index in [0.29, 0.717) is 31.7 Å². The second kappa shape index (κ2) is 4.97. The molecule has 2 heterocycles. The third-order valence-corrected chi connectivity index (χ3v) is 3.30. The summed E-state index contributed by atoms with van der Waals surface area (Å²) in [5.74, 6) is -0.848. The standard InChI is InChI=1S/C14H13NO5/c16-12-9-3-1-2-4-10(9)20-14(18)11(12)13(17)15-5-7-19-8-6-15/h1-4,16H,5-8H2. The lowest BCUT2D eigenvalue weighted by atomic mass is 10.1. The first-order chi connectivity index (χ1) is 9.68. The van der Waals surface area contributed by atoms with E-state index in [0.717, 1.165) is 0 Å². The van der Waals surface area contributed by atoms with Gasteiger partial charge in [-0.05, 0) is 12.1 Å². The van der Waals surface area contributed by atoms with Gasteiger partial charge in [0.15, 0.2) is 5.56 Å². The lowest BCUT2D eigenvalue weighted by molar-refractivity contribution is 0.0298. The molecule has 3 rings (SSSR count). The van der Waals surface area contributed by atoms with E-state index in [1.54, 1.807) is 24.3 Å². The molecule has 6 heteroatoms. The zero-order valence-electron chi connectivity index (χ0n) is 10.7. The molecule has 20 heavy (non-hydrogen) atoms. The van der Waals surface area contributed by atoms with E-state index in [2.05, 4.69) is 0 Å². The molecule has 1 fully saturated rings. The van der Waals surface area contributed by atoms with Gasteiger partial charge >= 0.3 is 5.63 Å². The highest BCUT2D eigenvalue weighted by atomic mass is 16.5. The maximum absolute atomic E-state index is 12.3. The molecular formula is C14H13NO5. The van der Waals surface area contributed by atoms with Gasteiger partial charge in [0.05, 0.1) is 18.6 Å². The minimum Gasteiger partial charge on any atom is -0.506 e. The summed E-state index contributed by atoms with van der Waals surface area (Å²) in [6.07, 6.45) is 0. The quantitative estimate of drug-likeness (QED) is 0.784. The number of fused-ring (bicyclic) bond motifs is 1. The molecule has 1 N–H and O–H groups in total. The molecule has 6 nitrogen and oxygen atoms in total. The molecular weight excluding hydrogens is 262 g/mol. The molecule has 1 aromatic carbocycles. The SMILES string of the molecule is O=C(c1c(O)c2ccccc2oc1=O)N1CCOCC1. The first kappa shape index (κ1) is 12.7. The minimum atomic E-state index is -0.822. The summed E-state index contributed by atoms with van der Waals surface area (Å²) in [7, 11) is 0. The molecule has 1 saturated heterocycles. The Morgan fingerprint density at radius 3 is 2.65 bits per heavy atom. The molecule has 1 amide bonds. The summed E-state index contributed by atoms with van der Waals surface area (Å²) in [5.41, 5.74) is -0.878. The second-order valence-corrected chi connectivity index (χ2v) is 4.51. The molecule has 0 unspecified atom stereocenters. The lowest BCUT2D eigenvalue weighted by Gasteiger charge is -2.26. The van der Waals surface area contributed by atoms with Gasteiger partial charge < -0.3 is 19.2 Å². The smallest absolute Gasteiger partial charge is 0.353 e. The number of hydrogen-bond acceptors (Lipinski definition) is 5. The van der Waals surface area contributed by atoms with Gasteiger partial charge in [0.25, 0.3) is 5.91 Å². The molecule has 1 aliphatic heterocycles. The van der Waals surface area contributed by atoms with Gasteiger partial charge in [-0.3, -0.25) is 4.79 Å². The Morgan fingerprint density at radius 1 is 1.20 bits per heavy atom. The highest BCUT2D eigenvalue weighted by Crippen LogP contribution is 2.26. The van der Waals surface area contributed by atoms with Crippen molar-refractivity contribution in [2.24, 2.45) is 0 Å². The topological polar surface area (TPSA) is 80.0 Å². The fourth-order valence-electron chi connectivity index (χ4n) is 2.25. The lowest BCUT2D eigenvalue weighted by Crippen LogP contribution is -2.42. The number of rotatable bonds is 1. The average molecular weight is 275 g/mol. The number of carbonyl (C=O) groups is 1. The van der Waals surface area contributed by atoms with Gasteiger partial charge in [0.1, 0.15) is 11.3 Å². The van der Waals surface area contributed by atoms with Crippen molar-refractivity contribution >= 4 is 16.9 Å². The van der Waals surface area contributed by atoms with E-state index < -0.39 is 11.5 Å². The Hall–Kier alpha value is -2.34. The number of carbonyl (C=O) groups excluding carboxylic acids is 1. The summed E-state index contributed by atoms with van der Waals surface area (Å²) in [4.78, 5) is 25.7. The van der Waals surface area contributed by atoms with Crippen molar-refractivity contribution in [1.82, 2.24) is 4.90 Å². The van der Waals surface area contributed by atoms with Crippen molar-refractivity contribution in [3.63, 3.8) is 0 Å². The van der Waals surface area contributed by atoms with Crippen LogP contribution in [0.25, 0.3) is 11.0 Å². The molecule has 0 aliphatic carbocycles. The zero-order valence-corrected chi connectivity index (χ0v) is 10.7. The van der Waals surface area contributed by atoms with Gasteiger partial charge in [-0.2, -0.15) is 0 Å². The van der Waals surface area contributed by atoms with Gasteiger partial charge in [0, 0.05) is 13.1 Å². The third-order valence-electron chi connectivity index (χ3n) is 3.30. The minimum absolute atomic E-state index is 0.258. The second-order valence-electron chi connectivity index (χ2n) is 4.51. The van der Waals surface area contributed by atoms with Gasteiger partial charge in [0.2, 0.25) is 0 Å². The summed E-state index contributed by atoms with van der Waals surface area (Å²) in [6, 6.07) is 6.56. The number of amides is 1. The van der Waals surface area contributed by atoms with Crippen molar-refractivity contribution in [2.75, 3.05) is 26.3 Å². The van der Waals surface area contributed by atoms with Crippen LogP contribution in [0.4, 0.5) is 0 Å². The Balaban J connectivity index is 2.11. The molecule has 0 radical (unpaired) electrons. The maximum atomic E-state index is 12.3. The predicted molar refractivity (Wildman–Crippen MR) is 70.9 cm³/mol. The normalized spacial score (nSPS) is 15.5. The van der Waals surface area contributed by atoms with Crippen LogP contribution in [0, 0.1) is 0 Å². The van der Waals surface area contributed by atoms with Crippen LogP contribution >= 0.6 is 0 Å². The van der Waals surface area contributed by atoms with Crippen molar-refractivity contribution in [1.29, 1.82) is 0 Å². The van der Waals surface area contributed by atoms with Crippen molar-refractivity contribution in [2.45, 2.75) is 0 Å². The number of morpholine rings is 1. The van der Waals surface area contributed by atoms with Crippen molar-refractivity contribution in [3.8, 4) is 5.75 Å². The highest BCUT2D eigenvalue weighted by molar-refractivity contribution is 6.01. The summed E-state index contributed by atoms with van der Waals surface area (Å²) >= 11 is 0. The van der Waals surface area contributed by atoms with E-state index in [9.17, 15) is 14.7 Å². The molecule has 0 atom stereocenters. The molecule has 1 aliphatic rings. The van der Waals surface area contributed by atoms with Crippen LogP contribution in [-0.4, -0.2) is 42.2 Å². The predicted octanol–water partition coefficient (Wildman–Crippen LogP) is 0.971. The Bertz CT molecular complexity index is 715. The monoisotopic (exact) mass is 275 g/mol. The summed E-state index contributed by atoms with van der Waals surface area (Å²) in [6.45, 7) is 1.63. The molecule has 104 valence electrons. The first-order valence-electron chi connectivity index (χ1n) is 6.30. The van der Waals surface area contributed by atoms with Crippen LogP contribution in [0.15, 0.2) is 33.5 Å². The van der Waals surface area contributed by atoms with E-state index >= 15 is 0 Å². The summed E-state index contributed by atoms with van der Waals surface area (Å²) in [5, 5.41) is 10.5. The van der Waals surface area contributed by atoms with Crippen molar-refractivity contribution < 1.29 is 19.1 Å². The number of ether oxygens (including phenoxy) is 1. The zero-order chi connectivity index (χ0) is 14.1. The van der Waals surface area contributed by atoms with Crippen LogP contribution in [-0.2, 0) is 4.74 Å². The molecule has 0 bridgehead atoms. The first-order valence-corrected chi connectivity index (χ1v) is 6.30. The van der Waals surface area contributed by atoms with Crippen molar-refractivity contribution in [3.05, 3.63) is 40.2 Å².